The fourth-order valence-electron chi connectivity index (χ4n) is 6.16. The molecule has 2 heterocycles. The van der Waals surface area contributed by atoms with E-state index < -0.39 is 29.4 Å². The van der Waals surface area contributed by atoms with Crippen LogP contribution in [0.25, 0.3) is 16.9 Å². The molecule has 5 rings (SSSR count). The summed E-state index contributed by atoms with van der Waals surface area (Å²) in [5, 5.41) is 17.3. The van der Waals surface area contributed by atoms with E-state index in [0.29, 0.717) is 17.8 Å². The van der Waals surface area contributed by atoms with E-state index in [1.54, 1.807) is 12.1 Å². The summed E-state index contributed by atoms with van der Waals surface area (Å²) >= 11 is 0. The van der Waals surface area contributed by atoms with Gasteiger partial charge in [-0.2, -0.15) is 18.3 Å². The predicted molar refractivity (Wildman–Crippen MR) is 160 cm³/mol. The zero-order valence-electron chi connectivity index (χ0n) is 25.0. The Labute approximate surface area is 249 Å². The molecule has 0 radical (unpaired) electrons. The molecular formula is C33H37F4N5O. The summed E-state index contributed by atoms with van der Waals surface area (Å²) in [6.45, 7) is 10.3. The third-order valence-corrected chi connectivity index (χ3v) is 8.44. The number of aryl methyl sites for hydroxylation is 3. The predicted octanol–water partition coefficient (Wildman–Crippen LogP) is 7.03. The number of nitrogens with two attached hydrogens (primary N) is 1. The number of nitrogens with zero attached hydrogens (tertiary/aromatic N) is 3. The molecule has 1 aliphatic heterocycles. The molecule has 4 aromatic rings. The summed E-state index contributed by atoms with van der Waals surface area (Å²) in [5.41, 5.74) is 11.0. The molecule has 3 aromatic carbocycles. The maximum atomic E-state index is 15.5. The van der Waals surface area contributed by atoms with Crippen LogP contribution in [0.1, 0.15) is 66.8 Å². The van der Waals surface area contributed by atoms with E-state index in [-0.39, 0.29) is 17.8 Å². The summed E-state index contributed by atoms with van der Waals surface area (Å²) in [7, 11) is 0. The number of hydrogen-bond acceptors (Lipinski definition) is 5. The largest absolute Gasteiger partial charge is 0.416 e. The first-order valence-corrected chi connectivity index (χ1v) is 14.4. The van der Waals surface area contributed by atoms with Crippen LogP contribution in [0.2, 0.25) is 0 Å². The summed E-state index contributed by atoms with van der Waals surface area (Å²) < 4.78 is 59.0. The van der Waals surface area contributed by atoms with Gasteiger partial charge in [-0.1, -0.05) is 50.2 Å². The van der Waals surface area contributed by atoms with Crippen LogP contribution < -0.4 is 11.1 Å². The van der Waals surface area contributed by atoms with E-state index >= 15 is 4.39 Å². The number of fused-ring (bicyclic) bond motifs is 1. The molecule has 6 nitrogen and oxygen atoms in total. The van der Waals surface area contributed by atoms with E-state index in [9.17, 15) is 18.3 Å². The van der Waals surface area contributed by atoms with E-state index in [0.717, 1.165) is 52.5 Å². The molecule has 228 valence electrons. The number of aliphatic hydroxyl groups is 1. The van der Waals surface area contributed by atoms with E-state index in [1.807, 2.05) is 36.4 Å². The maximum Gasteiger partial charge on any atom is 0.416 e. The van der Waals surface area contributed by atoms with Crippen LogP contribution in [0, 0.1) is 12.7 Å². The lowest BCUT2D eigenvalue weighted by atomic mass is 9.96. The lowest BCUT2D eigenvalue weighted by molar-refractivity contribution is -0.138. The zero-order valence-corrected chi connectivity index (χ0v) is 25.0. The first-order chi connectivity index (χ1) is 20.3. The zero-order chi connectivity index (χ0) is 31.3. The van der Waals surface area contributed by atoms with Gasteiger partial charge in [0.2, 0.25) is 0 Å². The Kier molecular flexibility index (Phi) is 8.15. The highest BCUT2D eigenvalue weighted by atomic mass is 19.4. The highest BCUT2D eigenvalue weighted by molar-refractivity contribution is 5.75. The normalized spacial score (nSPS) is 15.5. The Morgan fingerprint density at radius 3 is 2.26 bits per heavy atom. The summed E-state index contributed by atoms with van der Waals surface area (Å²) in [5.74, 6) is -0.598. The Morgan fingerprint density at radius 1 is 1.02 bits per heavy atom. The minimum absolute atomic E-state index is 0.0629. The fourth-order valence-corrected chi connectivity index (χ4v) is 6.16. The average molecular weight is 596 g/mol. The Bertz CT molecular complexity index is 1640. The number of nitrogens with one attached hydrogen (secondary N) is 1. The Hall–Kier alpha value is -3.73. The van der Waals surface area contributed by atoms with Crippen LogP contribution in [0.4, 0.5) is 23.2 Å². The van der Waals surface area contributed by atoms with Gasteiger partial charge < -0.3 is 10.4 Å². The van der Waals surface area contributed by atoms with Crippen molar-refractivity contribution < 1.29 is 22.7 Å². The molecule has 1 atom stereocenters. The van der Waals surface area contributed by atoms with Crippen molar-refractivity contribution in [3.05, 3.63) is 99.5 Å². The third-order valence-electron chi connectivity index (χ3n) is 8.44. The maximum absolute atomic E-state index is 15.5. The van der Waals surface area contributed by atoms with Crippen LogP contribution in [-0.2, 0) is 37.6 Å². The average Bonchev–Trinajstić information content (AvgIpc) is 3.43. The summed E-state index contributed by atoms with van der Waals surface area (Å²) in [4.78, 5) is 1.99. The SMILES string of the molecule is CCc1cccc(CC)c1-n1nc2c(c1-c1cc(F)c(NC(N)O)cc1C)CN(Cc1ccccc1C(F)(F)F)C2(C)C. The lowest BCUT2D eigenvalue weighted by Gasteiger charge is -2.32. The highest BCUT2D eigenvalue weighted by Gasteiger charge is 2.44. The number of aromatic nitrogens is 2. The molecule has 0 bridgehead atoms. The highest BCUT2D eigenvalue weighted by Crippen LogP contribution is 2.46. The van der Waals surface area contributed by atoms with Gasteiger partial charge >= 0.3 is 6.18 Å². The molecule has 4 N–H and O–H groups in total. The van der Waals surface area contributed by atoms with Crippen LogP contribution >= 0.6 is 0 Å². The standard InChI is InChI=1S/C33H37F4N5O/c1-6-20-12-10-13-21(7-2)28(20)42-29(23-16-26(34)27(15-19(23)3)39-31(38)43)24-18-41(32(4,5)30(24)40-42)17-22-11-8-9-14-25(22)33(35,36)37/h8-16,31,39,43H,6-7,17-18,38H2,1-5H3. The summed E-state index contributed by atoms with van der Waals surface area (Å²) in [6.07, 6.45) is -4.41. The van der Waals surface area contributed by atoms with Crippen molar-refractivity contribution in [2.45, 2.75) is 78.6 Å². The van der Waals surface area contributed by atoms with Gasteiger partial charge in [-0.05, 0) is 74.1 Å². The first kappa shape index (κ1) is 30.7. The van der Waals surface area contributed by atoms with Gasteiger partial charge in [0.05, 0.1) is 33.9 Å². The van der Waals surface area contributed by atoms with Crippen molar-refractivity contribution >= 4 is 5.69 Å². The quantitative estimate of drug-likeness (QED) is 0.151. The van der Waals surface area contributed by atoms with Crippen molar-refractivity contribution in [2.24, 2.45) is 5.73 Å². The molecule has 1 unspecified atom stereocenters. The van der Waals surface area contributed by atoms with Crippen LogP contribution in [0.3, 0.4) is 0 Å². The monoisotopic (exact) mass is 595 g/mol. The minimum Gasteiger partial charge on any atom is -0.361 e. The number of hydrogen-bond donors (Lipinski definition) is 3. The molecule has 1 aromatic heterocycles. The molecule has 0 spiro atoms. The Morgan fingerprint density at radius 2 is 1.65 bits per heavy atom. The number of aliphatic hydroxyl groups excluding tert-OH is 1. The van der Waals surface area contributed by atoms with Gasteiger partial charge in [-0.15, -0.1) is 0 Å². The lowest BCUT2D eigenvalue weighted by Crippen LogP contribution is -2.36. The van der Waals surface area contributed by atoms with Gasteiger partial charge in [-0.25, -0.2) is 9.07 Å². The molecule has 0 fully saturated rings. The van der Waals surface area contributed by atoms with Gasteiger partial charge in [0.15, 0.2) is 6.35 Å². The molecular weight excluding hydrogens is 558 g/mol. The molecule has 0 aliphatic carbocycles. The Balaban J connectivity index is 1.72. The smallest absolute Gasteiger partial charge is 0.361 e. The number of halogens is 4. The number of rotatable bonds is 8. The van der Waals surface area contributed by atoms with Crippen LogP contribution in [0.5, 0.6) is 0 Å². The minimum atomic E-state index is -4.48. The third kappa shape index (κ3) is 5.55. The molecule has 0 amide bonds. The van der Waals surface area contributed by atoms with Crippen LogP contribution in [-0.4, -0.2) is 26.1 Å². The summed E-state index contributed by atoms with van der Waals surface area (Å²) in [6, 6.07) is 14.8. The van der Waals surface area contributed by atoms with Crippen molar-refractivity contribution in [1.82, 2.24) is 14.7 Å². The van der Waals surface area contributed by atoms with Crippen LogP contribution in [0.15, 0.2) is 54.6 Å². The van der Waals surface area contributed by atoms with E-state index in [4.69, 9.17) is 10.8 Å². The van der Waals surface area contributed by atoms with Crippen molar-refractivity contribution in [1.29, 1.82) is 0 Å². The van der Waals surface area contributed by atoms with Crippen molar-refractivity contribution in [3.8, 4) is 16.9 Å². The van der Waals surface area contributed by atoms with E-state index in [1.165, 1.54) is 18.2 Å². The molecule has 0 saturated carbocycles. The molecule has 0 saturated heterocycles. The van der Waals surface area contributed by atoms with Gasteiger partial charge in [0.25, 0.3) is 0 Å². The number of benzene rings is 3. The molecule has 10 heteroatoms. The molecule has 43 heavy (non-hydrogen) atoms. The second-order valence-corrected chi connectivity index (χ2v) is 11.5. The van der Waals surface area contributed by atoms with Gasteiger partial charge in [-0.3, -0.25) is 10.6 Å². The second-order valence-electron chi connectivity index (χ2n) is 11.5. The van der Waals surface area contributed by atoms with Gasteiger partial charge in [0, 0.05) is 24.2 Å². The number of anilines is 1. The van der Waals surface area contributed by atoms with Crippen molar-refractivity contribution in [2.75, 3.05) is 5.32 Å². The van der Waals surface area contributed by atoms with E-state index in [2.05, 4.69) is 31.3 Å². The fraction of sp³-hybridized carbons (Fsp3) is 0.364. The number of alkyl halides is 3. The first-order valence-electron chi connectivity index (χ1n) is 14.4. The topological polar surface area (TPSA) is 79.3 Å². The second kappa shape index (κ2) is 11.4. The molecule has 1 aliphatic rings. The van der Waals surface area contributed by atoms with Crippen molar-refractivity contribution in [3.63, 3.8) is 0 Å². The van der Waals surface area contributed by atoms with Gasteiger partial charge in [0.1, 0.15) is 5.82 Å². The number of para-hydroxylation sites is 1.